The second-order valence-electron chi connectivity index (χ2n) is 4.67. The molecule has 1 amide bonds. The highest BCUT2D eigenvalue weighted by Crippen LogP contribution is 2.38. The quantitative estimate of drug-likeness (QED) is 0.745. The average molecular weight is 251 g/mol. The van der Waals surface area contributed by atoms with E-state index >= 15 is 0 Å². The Kier molecular flexibility index (Phi) is 2.10. The largest absolute Gasteiger partial charge is 0.310 e. The molecular weight excluding hydrogens is 238 g/mol. The van der Waals surface area contributed by atoms with Crippen LogP contribution in [0.25, 0.3) is 0 Å². The Hall–Kier alpha value is -1.36. The van der Waals surface area contributed by atoms with Crippen LogP contribution in [-0.4, -0.2) is 31.4 Å². The van der Waals surface area contributed by atoms with E-state index in [4.69, 9.17) is 0 Å². The number of amides is 1. The van der Waals surface area contributed by atoms with Gasteiger partial charge in [0, 0.05) is 12.2 Å². The monoisotopic (exact) mass is 251 g/mol. The first kappa shape index (κ1) is 10.8. The molecule has 1 aromatic rings. The molecule has 0 spiro atoms. The molecule has 90 valence electrons. The lowest BCUT2D eigenvalue weighted by Gasteiger charge is -2.45. The van der Waals surface area contributed by atoms with Crippen LogP contribution in [0.2, 0.25) is 0 Å². The Balaban J connectivity index is 1.99. The minimum absolute atomic E-state index is 0.262. The number of para-hydroxylation sites is 1. The van der Waals surface area contributed by atoms with Crippen molar-refractivity contribution in [2.24, 2.45) is 0 Å². The molecule has 3 fully saturated rings. The zero-order chi connectivity index (χ0) is 12.2. The van der Waals surface area contributed by atoms with Crippen LogP contribution in [0.3, 0.4) is 0 Å². The van der Waals surface area contributed by atoms with E-state index in [1.807, 2.05) is 31.2 Å². The van der Waals surface area contributed by atoms with Crippen LogP contribution in [0.1, 0.15) is 12.0 Å². The summed E-state index contributed by atoms with van der Waals surface area (Å²) in [6.07, 6.45) is 0.504. The molecule has 2 atom stereocenters. The third-order valence-corrected chi connectivity index (χ3v) is 6.13. The maximum atomic E-state index is 12.1. The van der Waals surface area contributed by atoms with E-state index < -0.39 is 15.1 Å². The summed E-state index contributed by atoms with van der Waals surface area (Å²) in [6, 6.07) is 7.57. The van der Waals surface area contributed by atoms with Gasteiger partial charge in [-0.05, 0) is 25.0 Å². The van der Waals surface area contributed by atoms with Crippen LogP contribution in [0.5, 0.6) is 0 Å². The normalized spacial score (nSPS) is 29.9. The maximum absolute atomic E-state index is 12.1. The molecule has 0 aromatic heterocycles. The van der Waals surface area contributed by atoms with Gasteiger partial charge >= 0.3 is 0 Å². The Bertz CT molecular complexity index is 594. The highest BCUT2D eigenvalue weighted by Gasteiger charge is 2.57. The predicted molar refractivity (Wildman–Crippen MR) is 64.6 cm³/mol. The zero-order valence-electron chi connectivity index (χ0n) is 9.46. The fraction of sp³-hybridized carbons (Fsp3) is 0.417. The lowest BCUT2D eigenvalue weighted by atomic mass is 10.1. The van der Waals surface area contributed by atoms with Crippen molar-refractivity contribution in [3.63, 3.8) is 0 Å². The second-order valence-corrected chi connectivity index (χ2v) is 7.08. The summed E-state index contributed by atoms with van der Waals surface area (Å²) in [6.45, 7) is 2.24. The average Bonchev–Trinajstić information content (AvgIpc) is 2.29. The number of anilines is 1. The summed E-state index contributed by atoms with van der Waals surface area (Å²) in [5.41, 5.74) is 1.83. The van der Waals surface area contributed by atoms with Crippen molar-refractivity contribution < 1.29 is 13.2 Å². The number of sulfone groups is 1. The number of carbonyl (C=O) groups excluding carboxylic acids is 1. The number of fused-ring (bicyclic) bond motifs is 2. The summed E-state index contributed by atoms with van der Waals surface area (Å²) in [5.74, 6) is -0.262. The van der Waals surface area contributed by atoms with Crippen LogP contribution >= 0.6 is 0 Å². The minimum Gasteiger partial charge on any atom is -0.310 e. The molecule has 0 radical (unpaired) electrons. The van der Waals surface area contributed by atoms with E-state index in [0.29, 0.717) is 13.0 Å². The van der Waals surface area contributed by atoms with E-state index in [0.717, 1.165) is 11.3 Å². The van der Waals surface area contributed by atoms with Crippen molar-refractivity contribution in [3.05, 3.63) is 29.8 Å². The molecular formula is C12H13NO3S. The molecule has 0 saturated carbocycles. The lowest BCUT2D eigenvalue weighted by molar-refractivity contribution is -0.119. The Morgan fingerprint density at radius 3 is 2.59 bits per heavy atom. The molecule has 4 nitrogen and oxygen atoms in total. The third-order valence-electron chi connectivity index (χ3n) is 3.67. The van der Waals surface area contributed by atoms with Gasteiger partial charge in [0.15, 0.2) is 9.84 Å². The Labute approximate surface area is 100 Å². The molecule has 3 aliphatic rings. The first-order valence-corrected chi connectivity index (χ1v) is 7.22. The Morgan fingerprint density at radius 1 is 1.29 bits per heavy atom. The van der Waals surface area contributed by atoms with Gasteiger partial charge < -0.3 is 4.90 Å². The van der Waals surface area contributed by atoms with Gasteiger partial charge in [-0.3, -0.25) is 4.79 Å². The molecule has 0 aliphatic carbocycles. The molecule has 3 aliphatic heterocycles. The van der Waals surface area contributed by atoms with E-state index in [9.17, 15) is 13.2 Å². The van der Waals surface area contributed by atoms with Gasteiger partial charge in [-0.25, -0.2) is 8.42 Å². The number of nitrogens with zero attached hydrogens (tertiary/aromatic N) is 1. The number of aryl methyl sites for hydroxylation is 1. The van der Waals surface area contributed by atoms with E-state index in [1.54, 1.807) is 4.90 Å². The van der Waals surface area contributed by atoms with Crippen LogP contribution < -0.4 is 4.90 Å². The third kappa shape index (κ3) is 1.35. The predicted octanol–water partition coefficient (Wildman–Crippen LogP) is 0.897. The molecule has 2 bridgehead atoms. The zero-order valence-corrected chi connectivity index (χ0v) is 10.3. The number of piperidine rings is 1. The standard InChI is InChI=1S/C12H13NO3S/c1-8-4-2-3-5-10(8)13-7-9-6-11(12(13)14)17(9,15)16/h2-5,9,11H,6-7H2,1H3. The maximum Gasteiger partial charge on any atom is 0.245 e. The molecule has 3 saturated heterocycles. The first-order chi connectivity index (χ1) is 8.01. The van der Waals surface area contributed by atoms with Gasteiger partial charge in [0.2, 0.25) is 5.91 Å². The second kappa shape index (κ2) is 3.32. The van der Waals surface area contributed by atoms with Gasteiger partial charge in [-0.1, -0.05) is 18.2 Å². The molecule has 17 heavy (non-hydrogen) atoms. The lowest BCUT2D eigenvalue weighted by Crippen LogP contribution is -2.65. The summed E-state index contributed by atoms with van der Waals surface area (Å²) >= 11 is 0. The van der Waals surface area contributed by atoms with E-state index in [1.165, 1.54) is 0 Å². The fourth-order valence-electron chi connectivity index (χ4n) is 2.59. The number of rotatable bonds is 1. The van der Waals surface area contributed by atoms with Crippen LogP contribution in [0.4, 0.5) is 5.69 Å². The highest BCUT2D eigenvalue weighted by atomic mass is 32.2. The topological polar surface area (TPSA) is 54.5 Å². The van der Waals surface area contributed by atoms with Gasteiger partial charge in [-0.15, -0.1) is 0 Å². The van der Waals surface area contributed by atoms with Crippen molar-refractivity contribution in [2.45, 2.75) is 23.8 Å². The Morgan fingerprint density at radius 2 is 2.00 bits per heavy atom. The van der Waals surface area contributed by atoms with E-state index in [2.05, 4.69) is 0 Å². The van der Waals surface area contributed by atoms with Crippen LogP contribution in [0, 0.1) is 6.92 Å². The first-order valence-electron chi connectivity index (χ1n) is 5.61. The molecule has 0 N–H and O–H groups in total. The molecule has 3 heterocycles. The van der Waals surface area contributed by atoms with Gasteiger partial charge in [0.1, 0.15) is 5.25 Å². The molecule has 1 aromatic carbocycles. The number of hydrogen-bond acceptors (Lipinski definition) is 3. The molecule has 4 rings (SSSR count). The van der Waals surface area contributed by atoms with E-state index in [-0.39, 0.29) is 11.2 Å². The van der Waals surface area contributed by atoms with Crippen LogP contribution in [-0.2, 0) is 14.6 Å². The summed E-state index contributed by atoms with van der Waals surface area (Å²) in [4.78, 5) is 13.7. The smallest absolute Gasteiger partial charge is 0.245 e. The van der Waals surface area contributed by atoms with Crippen molar-refractivity contribution in [2.75, 3.05) is 11.4 Å². The SMILES string of the molecule is Cc1ccccc1N1CC2CC(C1=O)S2(=O)=O. The number of hydrogen-bond donors (Lipinski definition) is 0. The van der Waals surface area contributed by atoms with Gasteiger partial charge in [0.25, 0.3) is 0 Å². The van der Waals surface area contributed by atoms with Crippen molar-refractivity contribution in [1.82, 2.24) is 0 Å². The van der Waals surface area contributed by atoms with Crippen molar-refractivity contribution in [3.8, 4) is 0 Å². The fourth-order valence-corrected chi connectivity index (χ4v) is 4.42. The minimum atomic E-state index is -3.16. The highest BCUT2D eigenvalue weighted by molar-refractivity contribution is 7.95. The molecule has 5 heteroatoms. The summed E-state index contributed by atoms with van der Waals surface area (Å²) < 4.78 is 23.3. The number of carbonyl (C=O) groups is 1. The van der Waals surface area contributed by atoms with Crippen LogP contribution in [0.15, 0.2) is 24.3 Å². The summed E-state index contributed by atoms with van der Waals surface area (Å²) in [7, 11) is -3.16. The van der Waals surface area contributed by atoms with Crippen molar-refractivity contribution >= 4 is 21.4 Å². The van der Waals surface area contributed by atoms with Crippen molar-refractivity contribution in [1.29, 1.82) is 0 Å². The molecule has 2 unspecified atom stereocenters. The summed E-state index contributed by atoms with van der Waals surface area (Å²) in [5, 5.41) is -1.15. The number of benzene rings is 1. The van der Waals surface area contributed by atoms with Gasteiger partial charge in [0.05, 0.1) is 5.25 Å². The van der Waals surface area contributed by atoms with Gasteiger partial charge in [-0.2, -0.15) is 0 Å².